The highest BCUT2D eigenvalue weighted by atomic mass is 35.5. The maximum atomic E-state index is 12.7. The van der Waals surface area contributed by atoms with Crippen molar-refractivity contribution in [2.24, 2.45) is 5.10 Å². The molecule has 9 nitrogen and oxygen atoms in total. The molecule has 0 aliphatic rings. The number of hydrogen-bond donors (Lipinski definition) is 3. The Kier molecular flexibility index (Phi) is 8.65. The highest BCUT2D eigenvalue weighted by molar-refractivity contribution is 8.00. The summed E-state index contributed by atoms with van der Waals surface area (Å²) < 4.78 is 7.01. The first-order valence-corrected chi connectivity index (χ1v) is 12.6. The predicted octanol–water partition coefficient (Wildman–Crippen LogP) is 4.88. The summed E-state index contributed by atoms with van der Waals surface area (Å²) in [5.41, 5.74) is 5.00. The SMILES string of the molecule is COc1cc(/C=N\NC(=O)[C@H](C)Sc2nnc(CNc3ccc(Cl)cc3)n2-c2ccccc2)ccc1O. The van der Waals surface area contributed by atoms with Crippen molar-refractivity contribution >= 4 is 41.2 Å². The van der Waals surface area contributed by atoms with Crippen LogP contribution in [0.5, 0.6) is 11.5 Å². The monoisotopic (exact) mass is 536 g/mol. The van der Waals surface area contributed by atoms with Gasteiger partial charge in [0.25, 0.3) is 5.91 Å². The van der Waals surface area contributed by atoms with E-state index < -0.39 is 5.25 Å². The maximum Gasteiger partial charge on any atom is 0.253 e. The van der Waals surface area contributed by atoms with E-state index in [2.05, 4.69) is 26.0 Å². The Morgan fingerprint density at radius 3 is 2.65 bits per heavy atom. The van der Waals surface area contributed by atoms with Gasteiger partial charge in [0.15, 0.2) is 22.5 Å². The molecule has 4 aromatic rings. The molecule has 0 unspecified atom stereocenters. The number of benzene rings is 3. The Morgan fingerprint density at radius 2 is 1.92 bits per heavy atom. The summed E-state index contributed by atoms with van der Waals surface area (Å²) in [6.07, 6.45) is 1.48. The number of rotatable bonds is 10. The number of phenols is 1. The zero-order valence-electron chi connectivity index (χ0n) is 20.1. The minimum Gasteiger partial charge on any atom is -0.504 e. The number of aromatic nitrogens is 3. The molecular formula is C26H25ClN6O3S. The fourth-order valence-electron chi connectivity index (χ4n) is 3.32. The van der Waals surface area contributed by atoms with Crippen LogP contribution in [0.4, 0.5) is 5.69 Å². The largest absolute Gasteiger partial charge is 0.504 e. The quantitative estimate of drug-likeness (QED) is 0.150. The zero-order valence-corrected chi connectivity index (χ0v) is 21.7. The van der Waals surface area contributed by atoms with Gasteiger partial charge in [-0.05, 0) is 67.1 Å². The van der Waals surface area contributed by atoms with Crippen molar-refractivity contribution in [1.82, 2.24) is 20.2 Å². The lowest BCUT2D eigenvalue weighted by Crippen LogP contribution is -2.27. The summed E-state index contributed by atoms with van der Waals surface area (Å²) in [4.78, 5) is 12.7. The molecule has 0 spiro atoms. The molecule has 0 bridgehead atoms. The molecule has 1 heterocycles. The van der Waals surface area contributed by atoms with E-state index in [1.54, 1.807) is 19.1 Å². The lowest BCUT2D eigenvalue weighted by atomic mass is 10.2. The van der Waals surface area contributed by atoms with E-state index in [9.17, 15) is 9.90 Å². The third-order valence-electron chi connectivity index (χ3n) is 5.25. The van der Waals surface area contributed by atoms with Crippen LogP contribution in [-0.4, -0.2) is 44.4 Å². The molecule has 4 rings (SSSR count). The highest BCUT2D eigenvalue weighted by Gasteiger charge is 2.21. The van der Waals surface area contributed by atoms with Crippen molar-refractivity contribution in [3.8, 4) is 17.2 Å². The number of carbonyl (C=O) groups is 1. The number of para-hydroxylation sites is 1. The van der Waals surface area contributed by atoms with Crippen molar-refractivity contribution in [2.75, 3.05) is 12.4 Å². The molecule has 0 radical (unpaired) electrons. The van der Waals surface area contributed by atoms with Crippen LogP contribution in [0.1, 0.15) is 18.3 Å². The Balaban J connectivity index is 1.45. The third kappa shape index (κ3) is 6.81. The van der Waals surface area contributed by atoms with Gasteiger partial charge < -0.3 is 15.2 Å². The van der Waals surface area contributed by atoms with Crippen molar-refractivity contribution in [2.45, 2.75) is 23.9 Å². The van der Waals surface area contributed by atoms with Gasteiger partial charge in [-0.1, -0.05) is 41.6 Å². The van der Waals surface area contributed by atoms with E-state index in [4.69, 9.17) is 16.3 Å². The average molecular weight is 537 g/mol. The Labute approximate surface area is 223 Å². The Bertz CT molecular complexity index is 1380. The van der Waals surface area contributed by atoms with Crippen LogP contribution in [0.25, 0.3) is 5.69 Å². The molecule has 1 aromatic heterocycles. The number of halogens is 1. The van der Waals surface area contributed by atoms with E-state index in [1.165, 1.54) is 31.2 Å². The Hall–Kier alpha value is -4.02. The van der Waals surface area contributed by atoms with Gasteiger partial charge in [-0.25, -0.2) is 5.43 Å². The standard InChI is InChI=1S/C26H25ClN6O3S/c1-17(25(35)31-29-15-18-8-13-22(34)23(14-18)36-2)37-26-32-30-24(33(26)21-6-4-3-5-7-21)16-28-20-11-9-19(27)10-12-20/h3-15,17,28,34H,16H2,1-2H3,(H,31,35)/b29-15-/t17-/m0/s1. The first-order valence-electron chi connectivity index (χ1n) is 11.3. The van der Waals surface area contributed by atoms with Crippen molar-refractivity contribution in [3.63, 3.8) is 0 Å². The maximum absolute atomic E-state index is 12.7. The number of aromatic hydroxyl groups is 1. The number of nitrogens with one attached hydrogen (secondary N) is 2. The average Bonchev–Trinajstić information content (AvgIpc) is 3.31. The van der Waals surface area contributed by atoms with Crippen LogP contribution in [0.2, 0.25) is 5.02 Å². The molecule has 3 aromatic carbocycles. The summed E-state index contributed by atoms with van der Waals surface area (Å²) in [5.74, 6) is 0.741. The van der Waals surface area contributed by atoms with Gasteiger partial charge in [0.2, 0.25) is 0 Å². The normalized spacial score (nSPS) is 11.9. The fourth-order valence-corrected chi connectivity index (χ4v) is 4.33. The number of hydrazone groups is 1. The number of amides is 1. The third-order valence-corrected chi connectivity index (χ3v) is 6.55. The second kappa shape index (κ2) is 12.3. The summed E-state index contributed by atoms with van der Waals surface area (Å²) in [5, 5.41) is 26.5. The van der Waals surface area contributed by atoms with Crippen LogP contribution in [-0.2, 0) is 11.3 Å². The first-order chi connectivity index (χ1) is 17.9. The number of carbonyl (C=O) groups excluding carboxylic acids is 1. The van der Waals surface area contributed by atoms with Gasteiger partial charge in [-0.3, -0.25) is 9.36 Å². The molecule has 0 aliphatic heterocycles. The molecule has 11 heteroatoms. The smallest absolute Gasteiger partial charge is 0.253 e. The van der Waals surface area contributed by atoms with Gasteiger partial charge >= 0.3 is 0 Å². The summed E-state index contributed by atoms with van der Waals surface area (Å²) in [6, 6.07) is 21.9. The number of phenolic OH excluding ortho intramolecular Hbond substituents is 1. The molecule has 1 atom stereocenters. The second-order valence-corrected chi connectivity index (χ2v) is 9.60. The molecule has 37 heavy (non-hydrogen) atoms. The molecule has 3 N–H and O–H groups in total. The van der Waals surface area contributed by atoms with Crippen LogP contribution >= 0.6 is 23.4 Å². The lowest BCUT2D eigenvalue weighted by Gasteiger charge is -2.13. The van der Waals surface area contributed by atoms with Gasteiger partial charge in [-0.15, -0.1) is 10.2 Å². The molecule has 0 aliphatic carbocycles. The molecule has 0 saturated heterocycles. The molecule has 0 saturated carbocycles. The van der Waals surface area contributed by atoms with Crippen molar-refractivity contribution in [1.29, 1.82) is 0 Å². The van der Waals surface area contributed by atoms with E-state index in [1.807, 2.05) is 59.2 Å². The number of nitrogens with zero attached hydrogens (tertiary/aromatic N) is 4. The highest BCUT2D eigenvalue weighted by Crippen LogP contribution is 2.27. The van der Waals surface area contributed by atoms with Gasteiger partial charge in [0.05, 0.1) is 25.1 Å². The molecule has 190 valence electrons. The van der Waals surface area contributed by atoms with Crippen molar-refractivity contribution in [3.05, 3.63) is 89.2 Å². The van der Waals surface area contributed by atoms with Crippen LogP contribution in [0, 0.1) is 0 Å². The van der Waals surface area contributed by atoms with E-state index in [-0.39, 0.29) is 11.7 Å². The van der Waals surface area contributed by atoms with Crippen LogP contribution in [0.15, 0.2) is 83.1 Å². The van der Waals surface area contributed by atoms with Crippen LogP contribution < -0.4 is 15.5 Å². The summed E-state index contributed by atoms with van der Waals surface area (Å²) in [7, 11) is 1.46. The van der Waals surface area contributed by atoms with Gasteiger partial charge in [0, 0.05) is 16.4 Å². The topological polar surface area (TPSA) is 114 Å². The number of hydrogen-bond acceptors (Lipinski definition) is 8. The number of ether oxygens (including phenoxy) is 1. The van der Waals surface area contributed by atoms with E-state index >= 15 is 0 Å². The Morgan fingerprint density at radius 1 is 1.16 bits per heavy atom. The summed E-state index contributed by atoms with van der Waals surface area (Å²) >= 11 is 7.26. The number of methoxy groups -OCH3 is 1. The van der Waals surface area contributed by atoms with Gasteiger partial charge in [0.1, 0.15) is 0 Å². The van der Waals surface area contributed by atoms with E-state index in [0.29, 0.717) is 33.9 Å². The number of thioether (sulfide) groups is 1. The molecule has 1 amide bonds. The van der Waals surface area contributed by atoms with Crippen LogP contribution in [0.3, 0.4) is 0 Å². The minimum atomic E-state index is -0.504. The minimum absolute atomic E-state index is 0.0268. The second-order valence-electron chi connectivity index (χ2n) is 7.86. The number of anilines is 1. The predicted molar refractivity (Wildman–Crippen MR) is 146 cm³/mol. The zero-order chi connectivity index (χ0) is 26.2. The first kappa shape index (κ1) is 26.1. The van der Waals surface area contributed by atoms with Gasteiger partial charge in [-0.2, -0.15) is 5.10 Å². The lowest BCUT2D eigenvalue weighted by molar-refractivity contribution is -0.120. The fraction of sp³-hybridized carbons (Fsp3) is 0.154. The van der Waals surface area contributed by atoms with E-state index in [0.717, 1.165) is 11.4 Å². The summed E-state index contributed by atoms with van der Waals surface area (Å²) in [6.45, 7) is 2.19. The molecule has 0 fully saturated rings. The van der Waals surface area contributed by atoms with Crippen molar-refractivity contribution < 1.29 is 14.6 Å². The molecular weight excluding hydrogens is 512 g/mol.